The van der Waals surface area contributed by atoms with Crippen molar-refractivity contribution >= 4 is 11.8 Å². The molecule has 2 nitrogen and oxygen atoms in total. The zero-order valence-corrected chi connectivity index (χ0v) is 11.4. The Morgan fingerprint density at radius 1 is 1.24 bits per heavy atom. The molecule has 1 aromatic carbocycles. The first-order valence-corrected chi connectivity index (χ1v) is 7.09. The maximum absolute atomic E-state index is 4.49. The lowest BCUT2D eigenvalue weighted by atomic mass is 10.1. The molecular formula is C14H18N2S. The molecule has 0 unspecified atom stereocenters. The second kappa shape index (κ2) is 5.41. The van der Waals surface area contributed by atoms with E-state index in [1.165, 1.54) is 11.3 Å². The Morgan fingerprint density at radius 3 is 2.53 bits per heavy atom. The molecule has 0 aliphatic carbocycles. The van der Waals surface area contributed by atoms with Gasteiger partial charge in [-0.2, -0.15) is 0 Å². The van der Waals surface area contributed by atoms with Crippen LogP contribution in [0.5, 0.6) is 0 Å². The van der Waals surface area contributed by atoms with E-state index in [1.807, 2.05) is 12.3 Å². The van der Waals surface area contributed by atoms with Crippen molar-refractivity contribution in [2.45, 2.75) is 25.5 Å². The molecule has 17 heavy (non-hydrogen) atoms. The van der Waals surface area contributed by atoms with Crippen molar-refractivity contribution in [2.24, 2.45) is 5.92 Å². The van der Waals surface area contributed by atoms with E-state index in [1.54, 1.807) is 11.8 Å². The van der Waals surface area contributed by atoms with Crippen molar-refractivity contribution < 1.29 is 0 Å². The molecular weight excluding hydrogens is 228 g/mol. The molecule has 0 amide bonds. The number of hydrogen-bond acceptors (Lipinski definition) is 2. The van der Waals surface area contributed by atoms with Gasteiger partial charge < -0.3 is 4.57 Å². The van der Waals surface area contributed by atoms with Crippen LogP contribution in [-0.4, -0.2) is 15.8 Å². The summed E-state index contributed by atoms with van der Waals surface area (Å²) in [5, 5.41) is 1.09. The fourth-order valence-corrected chi connectivity index (χ4v) is 2.45. The van der Waals surface area contributed by atoms with Gasteiger partial charge in [-0.1, -0.05) is 55.9 Å². The number of hydrogen-bond donors (Lipinski definition) is 0. The van der Waals surface area contributed by atoms with Gasteiger partial charge in [-0.15, -0.1) is 0 Å². The predicted octanol–water partition coefficient (Wildman–Crippen LogP) is 3.93. The van der Waals surface area contributed by atoms with Crippen molar-refractivity contribution in [3.8, 4) is 11.3 Å². The third kappa shape index (κ3) is 2.72. The Bertz CT molecular complexity index is 474. The minimum Gasteiger partial charge on any atom is -0.319 e. The Kier molecular flexibility index (Phi) is 3.89. The highest BCUT2D eigenvalue weighted by atomic mass is 32.2. The van der Waals surface area contributed by atoms with E-state index in [2.05, 4.69) is 53.9 Å². The van der Waals surface area contributed by atoms with Crippen molar-refractivity contribution in [2.75, 3.05) is 6.26 Å². The lowest BCUT2D eigenvalue weighted by Gasteiger charge is -2.13. The number of aromatic nitrogens is 2. The van der Waals surface area contributed by atoms with E-state index < -0.39 is 0 Å². The normalized spacial score (nSPS) is 11.1. The maximum atomic E-state index is 4.49. The second-order valence-electron chi connectivity index (χ2n) is 4.50. The van der Waals surface area contributed by atoms with Crippen LogP contribution in [0.1, 0.15) is 13.8 Å². The van der Waals surface area contributed by atoms with Gasteiger partial charge in [0.25, 0.3) is 0 Å². The summed E-state index contributed by atoms with van der Waals surface area (Å²) in [6.45, 7) is 5.48. The minimum atomic E-state index is 0.623. The van der Waals surface area contributed by atoms with Gasteiger partial charge in [0.2, 0.25) is 0 Å². The topological polar surface area (TPSA) is 17.8 Å². The number of rotatable bonds is 4. The third-order valence-corrected chi connectivity index (χ3v) is 3.31. The number of nitrogens with zero attached hydrogens (tertiary/aromatic N) is 2. The van der Waals surface area contributed by atoms with E-state index in [0.29, 0.717) is 5.92 Å². The molecule has 0 atom stereocenters. The third-order valence-electron chi connectivity index (χ3n) is 2.62. The number of imidazole rings is 1. The molecule has 0 aliphatic rings. The Hall–Kier alpha value is -1.22. The highest BCUT2D eigenvalue weighted by molar-refractivity contribution is 7.98. The molecule has 0 spiro atoms. The Balaban J connectivity index is 2.44. The van der Waals surface area contributed by atoms with Gasteiger partial charge in [0.15, 0.2) is 5.16 Å². The zero-order chi connectivity index (χ0) is 12.3. The van der Waals surface area contributed by atoms with Crippen LogP contribution < -0.4 is 0 Å². The smallest absolute Gasteiger partial charge is 0.168 e. The van der Waals surface area contributed by atoms with E-state index >= 15 is 0 Å². The van der Waals surface area contributed by atoms with Crippen LogP contribution in [0, 0.1) is 5.92 Å². The van der Waals surface area contributed by atoms with E-state index in [-0.39, 0.29) is 0 Å². The van der Waals surface area contributed by atoms with Crippen LogP contribution in [0.25, 0.3) is 11.3 Å². The largest absolute Gasteiger partial charge is 0.319 e. The molecule has 0 saturated carbocycles. The summed E-state index contributed by atoms with van der Waals surface area (Å²) in [7, 11) is 0. The van der Waals surface area contributed by atoms with Crippen molar-refractivity contribution in [1.82, 2.24) is 9.55 Å². The van der Waals surface area contributed by atoms with Crippen LogP contribution in [0.4, 0.5) is 0 Å². The molecule has 2 rings (SSSR count). The monoisotopic (exact) mass is 246 g/mol. The Labute approximate surface area is 107 Å². The number of benzene rings is 1. The van der Waals surface area contributed by atoms with E-state index in [9.17, 15) is 0 Å². The van der Waals surface area contributed by atoms with Crippen LogP contribution in [-0.2, 0) is 6.54 Å². The van der Waals surface area contributed by atoms with Gasteiger partial charge in [0.05, 0.1) is 11.9 Å². The molecule has 0 saturated heterocycles. The SMILES string of the molecule is CSc1ncc(-c2ccccc2)n1CC(C)C. The van der Waals surface area contributed by atoms with Gasteiger partial charge in [-0.05, 0) is 17.7 Å². The molecule has 90 valence electrons. The Morgan fingerprint density at radius 2 is 1.94 bits per heavy atom. The molecule has 3 heteroatoms. The zero-order valence-electron chi connectivity index (χ0n) is 10.6. The standard InChI is InChI=1S/C14H18N2S/c1-11(2)10-16-13(9-15-14(16)17-3)12-7-5-4-6-8-12/h4-9,11H,10H2,1-3H3. The van der Waals surface area contributed by atoms with Gasteiger partial charge >= 0.3 is 0 Å². The summed E-state index contributed by atoms with van der Waals surface area (Å²) in [4.78, 5) is 4.49. The quantitative estimate of drug-likeness (QED) is 0.761. The average molecular weight is 246 g/mol. The van der Waals surface area contributed by atoms with Crippen LogP contribution >= 0.6 is 11.8 Å². The van der Waals surface area contributed by atoms with Gasteiger partial charge in [-0.3, -0.25) is 0 Å². The van der Waals surface area contributed by atoms with E-state index in [0.717, 1.165) is 11.7 Å². The van der Waals surface area contributed by atoms with Gasteiger partial charge in [0, 0.05) is 6.54 Å². The van der Waals surface area contributed by atoms with Gasteiger partial charge in [-0.25, -0.2) is 4.98 Å². The lowest BCUT2D eigenvalue weighted by Crippen LogP contribution is -2.07. The molecule has 1 heterocycles. The molecule has 0 bridgehead atoms. The molecule has 0 radical (unpaired) electrons. The summed E-state index contributed by atoms with van der Waals surface area (Å²) in [6, 6.07) is 10.5. The van der Waals surface area contributed by atoms with E-state index in [4.69, 9.17) is 0 Å². The molecule has 1 aromatic heterocycles. The van der Waals surface area contributed by atoms with Crippen LogP contribution in [0.2, 0.25) is 0 Å². The summed E-state index contributed by atoms with van der Waals surface area (Å²) in [5.74, 6) is 0.623. The molecule has 0 fully saturated rings. The highest BCUT2D eigenvalue weighted by Gasteiger charge is 2.11. The summed E-state index contributed by atoms with van der Waals surface area (Å²) in [5.41, 5.74) is 2.45. The first-order chi connectivity index (χ1) is 8.22. The van der Waals surface area contributed by atoms with Gasteiger partial charge in [0.1, 0.15) is 0 Å². The molecule has 2 aromatic rings. The second-order valence-corrected chi connectivity index (χ2v) is 5.27. The fourth-order valence-electron chi connectivity index (χ4n) is 1.90. The first kappa shape index (κ1) is 12.2. The summed E-state index contributed by atoms with van der Waals surface area (Å²) in [6.07, 6.45) is 4.05. The molecule has 0 aliphatic heterocycles. The molecule has 0 N–H and O–H groups in total. The number of thioether (sulfide) groups is 1. The highest BCUT2D eigenvalue weighted by Crippen LogP contribution is 2.25. The predicted molar refractivity (Wildman–Crippen MR) is 74.3 cm³/mol. The summed E-state index contributed by atoms with van der Waals surface area (Å²) >= 11 is 1.70. The maximum Gasteiger partial charge on any atom is 0.168 e. The van der Waals surface area contributed by atoms with Crippen LogP contribution in [0.3, 0.4) is 0 Å². The average Bonchev–Trinajstić information content (AvgIpc) is 2.72. The first-order valence-electron chi connectivity index (χ1n) is 5.87. The van der Waals surface area contributed by atoms with Crippen molar-refractivity contribution in [3.63, 3.8) is 0 Å². The lowest BCUT2D eigenvalue weighted by molar-refractivity contribution is 0.498. The minimum absolute atomic E-state index is 0.623. The fraction of sp³-hybridized carbons (Fsp3) is 0.357. The van der Waals surface area contributed by atoms with Crippen molar-refractivity contribution in [1.29, 1.82) is 0 Å². The van der Waals surface area contributed by atoms with Crippen LogP contribution in [0.15, 0.2) is 41.7 Å². The summed E-state index contributed by atoms with van der Waals surface area (Å²) < 4.78 is 2.31. The van der Waals surface area contributed by atoms with Crippen molar-refractivity contribution in [3.05, 3.63) is 36.5 Å².